The van der Waals surface area contributed by atoms with Gasteiger partial charge in [-0.2, -0.15) is 0 Å². The molecule has 2 aliphatic heterocycles. The first-order valence-corrected chi connectivity index (χ1v) is 12.6. The third-order valence-corrected chi connectivity index (χ3v) is 7.66. The van der Waals surface area contributed by atoms with Crippen LogP contribution in [0.2, 0.25) is 0 Å². The van der Waals surface area contributed by atoms with Crippen molar-refractivity contribution in [3.8, 4) is 5.75 Å². The minimum Gasteiger partial charge on any atom is -0.507 e. The van der Waals surface area contributed by atoms with Crippen molar-refractivity contribution in [1.29, 1.82) is 0 Å². The smallest absolute Gasteiger partial charge is 0.303 e. The number of fused-ring (bicyclic) bond motifs is 3. The number of aromatic hydroxyl groups is 1. The molecule has 4 rings (SSSR count). The predicted octanol–water partition coefficient (Wildman–Crippen LogP) is 4.56. The van der Waals surface area contributed by atoms with Crippen molar-refractivity contribution in [1.82, 2.24) is 4.90 Å². The molecule has 0 radical (unpaired) electrons. The van der Waals surface area contributed by atoms with Crippen molar-refractivity contribution in [2.45, 2.75) is 64.9 Å². The Morgan fingerprint density at radius 1 is 1.11 bits per heavy atom. The zero-order chi connectivity index (χ0) is 25.1. The molecule has 2 saturated heterocycles. The Hall–Kier alpha value is -2.93. The van der Waals surface area contributed by atoms with Crippen molar-refractivity contribution >= 4 is 23.9 Å². The molecular formula is C28H35NO6. The molecule has 1 aliphatic carbocycles. The number of nitrogens with zero attached hydrogens (tertiary/aromatic N) is 1. The molecule has 7 heteroatoms. The molecule has 3 aliphatic rings. The van der Waals surface area contributed by atoms with E-state index >= 15 is 0 Å². The molecule has 2 heterocycles. The van der Waals surface area contributed by atoms with E-state index in [-0.39, 0.29) is 47.8 Å². The Labute approximate surface area is 206 Å². The number of phenolic OH excluding ortho intramolecular Hbond substituents is 1. The van der Waals surface area contributed by atoms with E-state index in [1.54, 1.807) is 12.1 Å². The number of rotatable bonds is 10. The van der Waals surface area contributed by atoms with Gasteiger partial charge >= 0.3 is 5.97 Å². The van der Waals surface area contributed by atoms with Crippen LogP contribution in [-0.2, 0) is 19.1 Å². The second kappa shape index (κ2) is 10.8. The molecule has 0 spiro atoms. The second-order valence-corrected chi connectivity index (χ2v) is 10.1. The van der Waals surface area contributed by atoms with Crippen LogP contribution in [0.15, 0.2) is 41.0 Å². The first-order chi connectivity index (χ1) is 16.8. The van der Waals surface area contributed by atoms with Crippen molar-refractivity contribution in [2.24, 2.45) is 17.8 Å². The lowest BCUT2D eigenvalue weighted by atomic mass is 9.70. The number of benzene rings is 1. The molecule has 2 amide bonds. The number of phenols is 1. The Balaban J connectivity index is 1.38. The number of imide groups is 1. The number of unbranched alkanes of at least 4 members (excludes halogenated alkanes) is 2. The molecule has 1 aromatic rings. The number of aliphatic carboxylic acids is 1. The third kappa shape index (κ3) is 5.35. The SMILES string of the molecule is CC1=C2[C@@H](CC/C(C)=C/c3ccccc3O)OC[C@@H]2[C@@H]2C(=O)N(CCCCCC(=O)O)C(=O)[C@@H]2C1. The number of hydrogen-bond donors (Lipinski definition) is 2. The molecule has 2 fully saturated rings. The number of carbonyl (C=O) groups excluding carboxylic acids is 2. The van der Waals surface area contributed by atoms with Gasteiger partial charge in [-0.3, -0.25) is 19.3 Å². The maximum absolute atomic E-state index is 13.3. The van der Waals surface area contributed by atoms with Gasteiger partial charge in [-0.1, -0.05) is 41.8 Å². The van der Waals surface area contributed by atoms with Crippen LogP contribution in [0.3, 0.4) is 0 Å². The number of carbonyl (C=O) groups is 3. The molecule has 0 aromatic heterocycles. The van der Waals surface area contributed by atoms with Gasteiger partial charge in [0.2, 0.25) is 11.8 Å². The van der Waals surface area contributed by atoms with Crippen LogP contribution >= 0.6 is 0 Å². The molecule has 2 N–H and O–H groups in total. The quantitative estimate of drug-likeness (QED) is 0.288. The summed E-state index contributed by atoms with van der Waals surface area (Å²) >= 11 is 0. The number of amides is 2. The molecule has 0 bridgehead atoms. The molecule has 35 heavy (non-hydrogen) atoms. The highest BCUT2D eigenvalue weighted by molar-refractivity contribution is 6.05. The highest BCUT2D eigenvalue weighted by Crippen LogP contribution is 2.49. The van der Waals surface area contributed by atoms with Crippen molar-refractivity contribution in [3.05, 3.63) is 46.5 Å². The van der Waals surface area contributed by atoms with E-state index < -0.39 is 5.97 Å². The minimum absolute atomic E-state index is 0.0466. The zero-order valence-electron chi connectivity index (χ0n) is 20.5. The topological polar surface area (TPSA) is 104 Å². The lowest BCUT2D eigenvalue weighted by Gasteiger charge is -2.30. The van der Waals surface area contributed by atoms with Gasteiger partial charge in [0.25, 0.3) is 0 Å². The second-order valence-electron chi connectivity index (χ2n) is 10.1. The average Bonchev–Trinajstić information content (AvgIpc) is 3.34. The van der Waals surface area contributed by atoms with Gasteiger partial charge in [0, 0.05) is 24.4 Å². The van der Waals surface area contributed by atoms with Gasteiger partial charge < -0.3 is 14.9 Å². The van der Waals surface area contributed by atoms with Crippen molar-refractivity contribution in [2.75, 3.05) is 13.2 Å². The summed E-state index contributed by atoms with van der Waals surface area (Å²) in [6, 6.07) is 7.26. The molecule has 1 aromatic carbocycles. The first kappa shape index (κ1) is 25.2. The van der Waals surface area contributed by atoms with E-state index in [9.17, 15) is 19.5 Å². The van der Waals surface area contributed by atoms with E-state index in [0.29, 0.717) is 38.8 Å². The molecule has 4 atom stereocenters. The number of ether oxygens (including phenoxy) is 1. The fraction of sp³-hybridized carbons (Fsp3) is 0.536. The Kier molecular flexibility index (Phi) is 7.75. The van der Waals surface area contributed by atoms with Crippen LogP contribution in [0.25, 0.3) is 6.08 Å². The summed E-state index contributed by atoms with van der Waals surface area (Å²) in [5.41, 5.74) is 4.31. The van der Waals surface area contributed by atoms with Gasteiger partial charge in [0.15, 0.2) is 0 Å². The fourth-order valence-electron chi connectivity index (χ4n) is 5.94. The monoisotopic (exact) mass is 481 g/mol. The third-order valence-electron chi connectivity index (χ3n) is 7.66. The van der Waals surface area contributed by atoms with E-state index in [2.05, 4.69) is 6.92 Å². The summed E-state index contributed by atoms with van der Waals surface area (Å²) < 4.78 is 6.19. The van der Waals surface area contributed by atoms with E-state index in [0.717, 1.165) is 24.0 Å². The van der Waals surface area contributed by atoms with E-state index in [1.807, 2.05) is 25.1 Å². The lowest BCUT2D eigenvalue weighted by molar-refractivity contribution is -0.141. The lowest BCUT2D eigenvalue weighted by Crippen LogP contribution is -2.34. The van der Waals surface area contributed by atoms with Crippen LogP contribution in [0.1, 0.15) is 64.4 Å². The normalized spacial score (nSPS) is 26.3. The largest absolute Gasteiger partial charge is 0.507 e. The number of allylic oxidation sites excluding steroid dienone is 2. The highest BCUT2D eigenvalue weighted by Gasteiger charge is 2.56. The maximum Gasteiger partial charge on any atom is 0.303 e. The van der Waals surface area contributed by atoms with Crippen molar-refractivity contribution in [3.63, 3.8) is 0 Å². The van der Waals surface area contributed by atoms with Gasteiger partial charge in [0.05, 0.1) is 24.5 Å². The van der Waals surface area contributed by atoms with Gasteiger partial charge in [-0.25, -0.2) is 0 Å². The Morgan fingerprint density at radius 3 is 2.63 bits per heavy atom. The summed E-state index contributed by atoms with van der Waals surface area (Å²) in [4.78, 5) is 38.5. The van der Waals surface area contributed by atoms with Crippen LogP contribution < -0.4 is 0 Å². The number of carboxylic acids is 1. The van der Waals surface area contributed by atoms with Gasteiger partial charge in [0.1, 0.15) is 5.75 Å². The summed E-state index contributed by atoms with van der Waals surface area (Å²) in [6.45, 7) is 4.94. The number of para-hydroxylation sites is 1. The Bertz CT molecular complexity index is 1060. The summed E-state index contributed by atoms with van der Waals surface area (Å²) in [5.74, 6) is -1.43. The molecule has 188 valence electrons. The molecular weight excluding hydrogens is 446 g/mol. The molecule has 0 unspecified atom stereocenters. The first-order valence-electron chi connectivity index (χ1n) is 12.6. The summed E-state index contributed by atoms with van der Waals surface area (Å²) in [6.07, 6.45) is 6.13. The number of hydrogen-bond acceptors (Lipinski definition) is 5. The van der Waals surface area contributed by atoms with Crippen molar-refractivity contribution < 1.29 is 29.3 Å². The van der Waals surface area contributed by atoms with Gasteiger partial charge in [-0.15, -0.1) is 0 Å². The molecule has 0 saturated carbocycles. The van der Waals surface area contributed by atoms with Crippen LogP contribution in [0.4, 0.5) is 0 Å². The maximum atomic E-state index is 13.3. The number of likely N-dealkylation sites (tertiary alicyclic amines) is 1. The van der Waals surface area contributed by atoms with E-state index in [1.165, 1.54) is 16.0 Å². The standard InChI is InChI=1S/C28H35NO6/c1-17(14-19-8-5-6-9-22(19)30)11-12-23-25-18(2)15-20-26(21(25)16-35-23)28(34)29(27(20)33)13-7-3-4-10-24(31)32/h5-6,8-9,14,20-21,23,26,30H,3-4,7,10-13,15-16H2,1-2H3,(H,31,32)/b17-14+/t20-,21+,23-,26-/m1/s1. The minimum atomic E-state index is -0.821. The van der Waals surface area contributed by atoms with Crippen LogP contribution in [0, 0.1) is 17.8 Å². The number of carboxylic acid groups (broad SMARTS) is 1. The summed E-state index contributed by atoms with van der Waals surface area (Å²) in [7, 11) is 0. The molecule has 7 nitrogen and oxygen atoms in total. The fourth-order valence-corrected chi connectivity index (χ4v) is 5.94. The average molecular weight is 482 g/mol. The Morgan fingerprint density at radius 2 is 1.89 bits per heavy atom. The van der Waals surface area contributed by atoms with Crippen LogP contribution in [-0.4, -0.2) is 52.2 Å². The zero-order valence-corrected chi connectivity index (χ0v) is 20.5. The predicted molar refractivity (Wildman–Crippen MR) is 131 cm³/mol. The highest BCUT2D eigenvalue weighted by atomic mass is 16.5. The summed E-state index contributed by atoms with van der Waals surface area (Å²) in [5, 5.41) is 18.8. The van der Waals surface area contributed by atoms with Gasteiger partial charge in [-0.05, 0) is 57.6 Å². The van der Waals surface area contributed by atoms with E-state index in [4.69, 9.17) is 9.84 Å². The van der Waals surface area contributed by atoms with Crippen LogP contribution in [0.5, 0.6) is 5.75 Å².